The molecule has 0 aliphatic carbocycles. The van der Waals surface area contributed by atoms with Crippen LogP contribution in [-0.2, 0) is 27.3 Å². The van der Waals surface area contributed by atoms with Gasteiger partial charge in [0.1, 0.15) is 12.6 Å². The molecule has 24 heavy (non-hydrogen) atoms. The Labute approximate surface area is 145 Å². The van der Waals surface area contributed by atoms with Gasteiger partial charge in [0.15, 0.2) is 0 Å². The van der Waals surface area contributed by atoms with Gasteiger partial charge in [-0.15, -0.1) is 0 Å². The van der Waals surface area contributed by atoms with Gasteiger partial charge >= 0.3 is 12.1 Å². The quantitative estimate of drug-likeness (QED) is 0.814. The van der Waals surface area contributed by atoms with Crippen LogP contribution in [0, 0.1) is 0 Å². The number of nitrogens with one attached hydrogen (secondary N) is 1. The maximum absolute atomic E-state index is 11.9. The molecule has 1 amide bonds. The summed E-state index contributed by atoms with van der Waals surface area (Å²) < 4.78 is 9.87. The highest BCUT2D eigenvalue weighted by molar-refractivity contribution is 6.30. The molecular formula is C18H18ClNO4. The predicted molar refractivity (Wildman–Crippen MR) is 90.7 cm³/mol. The highest BCUT2D eigenvalue weighted by atomic mass is 35.5. The minimum absolute atomic E-state index is 0.126. The maximum Gasteiger partial charge on any atom is 0.408 e. The Kier molecular flexibility index (Phi) is 6.63. The first-order chi connectivity index (χ1) is 11.6. The van der Waals surface area contributed by atoms with E-state index in [2.05, 4.69) is 5.32 Å². The van der Waals surface area contributed by atoms with E-state index in [1.165, 1.54) is 7.11 Å². The van der Waals surface area contributed by atoms with E-state index in [0.717, 1.165) is 11.1 Å². The number of amides is 1. The Hall–Kier alpha value is -2.53. The largest absolute Gasteiger partial charge is 0.467 e. The summed E-state index contributed by atoms with van der Waals surface area (Å²) in [6.07, 6.45) is -0.396. The van der Waals surface area contributed by atoms with Crippen molar-refractivity contribution in [1.82, 2.24) is 5.32 Å². The average molecular weight is 348 g/mol. The third kappa shape index (κ3) is 5.59. The highest BCUT2D eigenvalue weighted by Gasteiger charge is 2.22. The fourth-order valence-corrected chi connectivity index (χ4v) is 2.22. The number of halogens is 1. The molecule has 0 fully saturated rings. The number of esters is 1. The fourth-order valence-electron chi connectivity index (χ4n) is 2.10. The number of rotatable bonds is 6. The van der Waals surface area contributed by atoms with Gasteiger partial charge in [-0.25, -0.2) is 9.59 Å². The minimum atomic E-state index is -0.834. The van der Waals surface area contributed by atoms with Crippen molar-refractivity contribution in [2.75, 3.05) is 7.11 Å². The van der Waals surface area contributed by atoms with Gasteiger partial charge in [-0.05, 0) is 23.3 Å². The van der Waals surface area contributed by atoms with Crippen molar-refractivity contribution in [1.29, 1.82) is 0 Å². The number of ether oxygens (including phenoxy) is 2. The summed E-state index contributed by atoms with van der Waals surface area (Å²) in [5.74, 6) is -0.540. The number of benzene rings is 2. The number of hydrogen-bond donors (Lipinski definition) is 1. The first-order valence-electron chi connectivity index (χ1n) is 7.38. The van der Waals surface area contributed by atoms with Gasteiger partial charge in [-0.2, -0.15) is 0 Å². The topological polar surface area (TPSA) is 64.6 Å². The molecular weight excluding hydrogens is 330 g/mol. The zero-order valence-corrected chi connectivity index (χ0v) is 14.0. The second-order valence-electron chi connectivity index (χ2n) is 5.11. The van der Waals surface area contributed by atoms with Gasteiger partial charge in [0.25, 0.3) is 0 Å². The van der Waals surface area contributed by atoms with Crippen LogP contribution < -0.4 is 5.32 Å². The van der Waals surface area contributed by atoms with Crippen LogP contribution in [0.15, 0.2) is 54.6 Å². The molecule has 0 bridgehead atoms. The van der Waals surface area contributed by atoms with Crippen molar-refractivity contribution in [2.24, 2.45) is 0 Å². The number of hydrogen-bond acceptors (Lipinski definition) is 4. The average Bonchev–Trinajstić information content (AvgIpc) is 2.61. The fraction of sp³-hybridized carbons (Fsp3) is 0.222. The van der Waals surface area contributed by atoms with Gasteiger partial charge in [-0.1, -0.05) is 54.1 Å². The van der Waals surface area contributed by atoms with Gasteiger partial charge < -0.3 is 14.8 Å². The SMILES string of the molecule is COC(=O)[C@@H](Cc1ccc(Cl)cc1)NC(=O)OCc1ccccc1. The molecule has 0 heterocycles. The van der Waals surface area contributed by atoms with Crippen LogP contribution in [0.5, 0.6) is 0 Å². The third-order valence-electron chi connectivity index (χ3n) is 3.34. The van der Waals surface area contributed by atoms with Crippen LogP contribution in [0.1, 0.15) is 11.1 Å². The van der Waals surface area contributed by atoms with Crippen LogP contribution in [-0.4, -0.2) is 25.2 Å². The second kappa shape index (κ2) is 8.93. The van der Waals surface area contributed by atoms with E-state index >= 15 is 0 Å². The summed E-state index contributed by atoms with van der Waals surface area (Å²) in [5.41, 5.74) is 1.71. The molecule has 2 rings (SSSR count). The predicted octanol–water partition coefficient (Wildman–Crippen LogP) is 3.35. The number of carbonyl (C=O) groups excluding carboxylic acids is 2. The number of alkyl carbamates (subject to hydrolysis) is 1. The van der Waals surface area contributed by atoms with Crippen LogP contribution in [0.4, 0.5) is 4.79 Å². The lowest BCUT2D eigenvalue weighted by molar-refractivity contribution is -0.143. The Morgan fingerprint density at radius 2 is 1.71 bits per heavy atom. The van der Waals surface area contributed by atoms with E-state index in [1.807, 2.05) is 30.3 Å². The number of methoxy groups -OCH3 is 1. The lowest BCUT2D eigenvalue weighted by Crippen LogP contribution is -2.43. The number of carbonyl (C=O) groups is 2. The second-order valence-corrected chi connectivity index (χ2v) is 5.55. The highest BCUT2D eigenvalue weighted by Crippen LogP contribution is 2.12. The molecule has 1 atom stereocenters. The summed E-state index contributed by atoms with van der Waals surface area (Å²) in [6.45, 7) is 0.126. The van der Waals surface area contributed by atoms with Gasteiger partial charge in [-0.3, -0.25) is 0 Å². The lowest BCUT2D eigenvalue weighted by atomic mass is 10.1. The van der Waals surface area contributed by atoms with E-state index in [-0.39, 0.29) is 13.0 Å². The molecule has 0 saturated carbocycles. The van der Waals surface area contributed by atoms with Crippen LogP contribution >= 0.6 is 11.6 Å². The van der Waals surface area contributed by atoms with Crippen molar-refractivity contribution in [3.63, 3.8) is 0 Å². The molecule has 0 aromatic heterocycles. The molecule has 5 nitrogen and oxygen atoms in total. The molecule has 2 aromatic rings. The Bertz CT molecular complexity index is 673. The first kappa shape index (κ1) is 17.8. The van der Waals surface area contributed by atoms with Gasteiger partial charge in [0, 0.05) is 11.4 Å². The summed E-state index contributed by atoms with van der Waals surface area (Å²) in [7, 11) is 1.27. The summed E-state index contributed by atoms with van der Waals surface area (Å²) in [4.78, 5) is 23.8. The van der Waals surface area contributed by atoms with Crippen molar-refractivity contribution in [2.45, 2.75) is 19.1 Å². The molecule has 0 saturated heterocycles. The Morgan fingerprint density at radius 3 is 2.33 bits per heavy atom. The van der Waals surface area contributed by atoms with E-state index in [4.69, 9.17) is 21.1 Å². The maximum atomic E-state index is 11.9. The molecule has 0 spiro atoms. The summed E-state index contributed by atoms with van der Waals surface area (Å²) >= 11 is 5.84. The van der Waals surface area contributed by atoms with E-state index in [0.29, 0.717) is 5.02 Å². The van der Waals surface area contributed by atoms with Crippen molar-refractivity contribution in [3.05, 3.63) is 70.7 Å². The molecule has 6 heteroatoms. The molecule has 0 aliphatic heterocycles. The van der Waals surface area contributed by atoms with E-state index < -0.39 is 18.1 Å². The molecule has 0 unspecified atom stereocenters. The van der Waals surface area contributed by atoms with E-state index in [1.54, 1.807) is 24.3 Å². The van der Waals surface area contributed by atoms with Gasteiger partial charge in [0.2, 0.25) is 0 Å². The van der Waals surface area contributed by atoms with Crippen LogP contribution in [0.2, 0.25) is 5.02 Å². The Balaban J connectivity index is 1.93. The van der Waals surface area contributed by atoms with Crippen molar-refractivity contribution in [3.8, 4) is 0 Å². The normalized spacial score (nSPS) is 11.4. The Morgan fingerprint density at radius 1 is 1.04 bits per heavy atom. The zero-order chi connectivity index (χ0) is 17.4. The van der Waals surface area contributed by atoms with Crippen LogP contribution in [0.25, 0.3) is 0 Å². The summed E-state index contributed by atoms with van der Waals surface area (Å²) in [5, 5.41) is 3.13. The minimum Gasteiger partial charge on any atom is -0.467 e. The van der Waals surface area contributed by atoms with Crippen LogP contribution in [0.3, 0.4) is 0 Å². The molecule has 1 N–H and O–H groups in total. The molecule has 2 aromatic carbocycles. The smallest absolute Gasteiger partial charge is 0.408 e. The molecule has 0 aliphatic rings. The van der Waals surface area contributed by atoms with Crippen molar-refractivity contribution < 1.29 is 19.1 Å². The zero-order valence-electron chi connectivity index (χ0n) is 13.2. The molecule has 126 valence electrons. The molecule has 0 radical (unpaired) electrons. The lowest BCUT2D eigenvalue weighted by Gasteiger charge is -2.16. The van der Waals surface area contributed by atoms with Crippen molar-refractivity contribution >= 4 is 23.7 Å². The first-order valence-corrected chi connectivity index (χ1v) is 7.76. The monoisotopic (exact) mass is 347 g/mol. The van der Waals surface area contributed by atoms with Gasteiger partial charge in [0.05, 0.1) is 7.11 Å². The van der Waals surface area contributed by atoms with E-state index in [9.17, 15) is 9.59 Å². The standard InChI is InChI=1S/C18H18ClNO4/c1-23-17(21)16(11-13-7-9-15(19)10-8-13)20-18(22)24-12-14-5-3-2-4-6-14/h2-10,16H,11-12H2,1H3,(H,20,22)/t16-/m1/s1. The summed E-state index contributed by atoms with van der Waals surface area (Å²) in [6, 6.07) is 15.5. The third-order valence-corrected chi connectivity index (χ3v) is 3.60.